The Bertz CT molecular complexity index is 539. The van der Waals surface area contributed by atoms with Crippen LogP contribution in [0.2, 0.25) is 0 Å². The molecule has 1 aromatic rings. The molecule has 0 atom stereocenters. The number of methoxy groups -OCH3 is 1. The van der Waals surface area contributed by atoms with Crippen molar-refractivity contribution in [1.29, 1.82) is 0 Å². The quantitative estimate of drug-likeness (QED) is 0.784. The fraction of sp³-hybridized carbons (Fsp3) is 0.529. The van der Waals surface area contributed by atoms with E-state index in [0.29, 0.717) is 0 Å². The van der Waals surface area contributed by atoms with E-state index in [1.54, 1.807) is 13.8 Å². The summed E-state index contributed by atoms with van der Waals surface area (Å²) in [6, 6.07) is 9.80. The van der Waals surface area contributed by atoms with Gasteiger partial charge in [-0.05, 0) is 32.3 Å². The van der Waals surface area contributed by atoms with Gasteiger partial charge in [-0.2, -0.15) is 0 Å². The molecule has 1 aromatic carbocycles. The number of benzene rings is 1. The zero-order valence-electron chi connectivity index (χ0n) is 13.8. The Hall–Kier alpha value is -2.08. The van der Waals surface area contributed by atoms with E-state index in [-0.39, 0.29) is 24.7 Å². The molecular weight excluding hydrogens is 296 g/mol. The van der Waals surface area contributed by atoms with Crippen molar-refractivity contribution in [2.75, 3.05) is 7.11 Å². The molecule has 1 aliphatic rings. The lowest BCUT2D eigenvalue weighted by molar-refractivity contribution is -0.147. The van der Waals surface area contributed by atoms with E-state index in [9.17, 15) is 9.59 Å². The molecule has 23 heavy (non-hydrogen) atoms. The van der Waals surface area contributed by atoms with Gasteiger partial charge in [0.1, 0.15) is 12.1 Å². The summed E-state index contributed by atoms with van der Waals surface area (Å²) in [5, 5.41) is 6.07. The lowest BCUT2D eigenvalue weighted by atomic mass is 9.85. The lowest BCUT2D eigenvalue weighted by Crippen LogP contribution is -2.60. The molecule has 0 spiro atoms. The van der Waals surface area contributed by atoms with E-state index in [0.717, 1.165) is 18.4 Å². The predicted molar refractivity (Wildman–Crippen MR) is 85.8 cm³/mol. The first-order valence-corrected chi connectivity index (χ1v) is 7.74. The van der Waals surface area contributed by atoms with Crippen LogP contribution in [0.3, 0.4) is 0 Å². The summed E-state index contributed by atoms with van der Waals surface area (Å²) in [5.41, 5.74) is 0.230. The first-order valence-electron chi connectivity index (χ1n) is 7.74. The maximum atomic E-state index is 11.7. The molecule has 0 saturated heterocycles. The SMILES string of the molecule is COC(=O)C(C)(C)NC1CC(NC(=O)OCc2ccccc2)C1. The van der Waals surface area contributed by atoms with Crippen LogP contribution in [0.4, 0.5) is 4.79 Å². The molecule has 6 heteroatoms. The summed E-state index contributed by atoms with van der Waals surface area (Å²) in [5.74, 6) is -0.295. The van der Waals surface area contributed by atoms with Crippen LogP contribution in [-0.4, -0.2) is 36.8 Å². The van der Waals surface area contributed by atoms with Crippen LogP contribution in [0.15, 0.2) is 30.3 Å². The molecule has 0 aromatic heterocycles. The fourth-order valence-corrected chi connectivity index (χ4v) is 2.61. The fourth-order valence-electron chi connectivity index (χ4n) is 2.61. The van der Waals surface area contributed by atoms with Crippen LogP contribution in [0.25, 0.3) is 0 Å². The minimum Gasteiger partial charge on any atom is -0.468 e. The third kappa shape index (κ3) is 4.96. The largest absolute Gasteiger partial charge is 0.468 e. The second-order valence-electron chi connectivity index (χ2n) is 6.33. The topological polar surface area (TPSA) is 76.7 Å². The molecule has 1 saturated carbocycles. The van der Waals surface area contributed by atoms with Crippen molar-refractivity contribution in [3.05, 3.63) is 35.9 Å². The minimum atomic E-state index is -0.724. The zero-order valence-corrected chi connectivity index (χ0v) is 13.8. The number of ether oxygens (including phenoxy) is 2. The Labute approximate surface area is 136 Å². The van der Waals surface area contributed by atoms with Gasteiger partial charge in [0.15, 0.2) is 0 Å². The number of rotatable bonds is 6. The molecule has 0 heterocycles. The molecule has 0 unspecified atom stereocenters. The summed E-state index contributed by atoms with van der Waals surface area (Å²) in [4.78, 5) is 23.4. The van der Waals surface area contributed by atoms with E-state index < -0.39 is 11.6 Å². The lowest BCUT2D eigenvalue weighted by Gasteiger charge is -2.40. The average Bonchev–Trinajstić information content (AvgIpc) is 2.50. The van der Waals surface area contributed by atoms with Crippen LogP contribution in [0.5, 0.6) is 0 Å². The normalized spacial score (nSPS) is 20.3. The first kappa shape index (κ1) is 17.3. The van der Waals surface area contributed by atoms with Crippen molar-refractivity contribution in [1.82, 2.24) is 10.6 Å². The number of hydrogen-bond acceptors (Lipinski definition) is 5. The van der Waals surface area contributed by atoms with Crippen LogP contribution in [-0.2, 0) is 20.9 Å². The maximum Gasteiger partial charge on any atom is 0.407 e. The summed E-state index contributed by atoms with van der Waals surface area (Å²) >= 11 is 0. The number of alkyl carbamates (subject to hydrolysis) is 1. The van der Waals surface area contributed by atoms with E-state index >= 15 is 0 Å². The van der Waals surface area contributed by atoms with Gasteiger partial charge in [0, 0.05) is 12.1 Å². The molecule has 0 bridgehead atoms. The molecule has 1 fully saturated rings. The van der Waals surface area contributed by atoms with Crippen LogP contribution < -0.4 is 10.6 Å². The van der Waals surface area contributed by atoms with E-state index in [2.05, 4.69) is 10.6 Å². The highest BCUT2D eigenvalue weighted by Gasteiger charge is 2.37. The summed E-state index contributed by atoms with van der Waals surface area (Å²) in [6.45, 7) is 3.83. The van der Waals surface area contributed by atoms with Gasteiger partial charge in [0.25, 0.3) is 0 Å². The zero-order chi connectivity index (χ0) is 16.9. The third-order valence-electron chi connectivity index (χ3n) is 3.93. The first-order chi connectivity index (χ1) is 10.9. The van der Waals surface area contributed by atoms with Crippen molar-refractivity contribution < 1.29 is 19.1 Å². The highest BCUT2D eigenvalue weighted by molar-refractivity contribution is 5.79. The summed E-state index contributed by atoms with van der Waals surface area (Å²) in [7, 11) is 1.37. The van der Waals surface area contributed by atoms with Crippen LogP contribution in [0.1, 0.15) is 32.3 Å². The van der Waals surface area contributed by atoms with Crippen molar-refractivity contribution >= 4 is 12.1 Å². The molecule has 2 N–H and O–H groups in total. The Balaban J connectivity index is 1.66. The van der Waals surface area contributed by atoms with Gasteiger partial charge in [-0.1, -0.05) is 30.3 Å². The van der Waals surface area contributed by atoms with Gasteiger partial charge in [-0.3, -0.25) is 10.1 Å². The van der Waals surface area contributed by atoms with Gasteiger partial charge in [0.05, 0.1) is 7.11 Å². The number of carbonyl (C=O) groups is 2. The van der Waals surface area contributed by atoms with Gasteiger partial charge in [-0.15, -0.1) is 0 Å². The Kier molecular flexibility index (Phi) is 5.60. The molecule has 1 aliphatic carbocycles. The second-order valence-corrected chi connectivity index (χ2v) is 6.33. The molecule has 6 nitrogen and oxygen atoms in total. The molecular formula is C17H24N2O4. The summed E-state index contributed by atoms with van der Waals surface area (Å²) < 4.78 is 9.94. The van der Waals surface area contributed by atoms with E-state index in [1.165, 1.54) is 7.11 Å². The molecule has 2 rings (SSSR count). The number of amides is 1. The molecule has 126 valence electrons. The number of nitrogens with one attached hydrogen (secondary N) is 2. The standard InChI is InChI=1S/C17H24N2O4/c1-17(2,15(20)22-3)19-14-9-13(10-14)18-16(21)23-11-12-7-5-4-6-8-12/h4-8,13-14,19H,9-11H2,1-3H3,(H,18,21). The van der Waals surface area contributed by atoms with Gasteiger partial charge in [0.2, 0.25) is 0 Å². The highest BCUT2D eigenvalue weighted by atomic mass is 16.5. The predicted octanol–water partition coefficient (Wildman–Crippen LogP) is 1.98. The summed E-state index contributed by atoms with van der Waals surface area (Å²) in [6.07, 6.45) is 1.12. The van der Waals surface area contributed by atoms with Gasteiger partial charge < -0.3 is 14.8 Å². The Morgan fingerprint density at radius 3 is 2.43 bits per heavy atom. The Morgan fingerprint density at radius 2 is 1.83 bits per heavy atom. The smallest absolute Gasteiger partial charge is 0.407 e. The molecule has 0 radical (unpaired) electrons. The number of hydrogen-bond donors (Lipinski definition) is 2. The van der Waals surface area contributed by atoms with Crippen LogP contribution in [0, 0.1) is 0 Å². The van der Waals surface area contributed by atoms with Gasteiger partial charge >= 0.3 is 12.1 Å². The highest BCUT2D eigenvalue weighted by Crippen LogP contribution is 2.23. The number of esters is 1. The van der Waals surface area contributed by atoms with Crippen LogP contribution >= 0.6 is 0 Å². The molecule has 0 aliphatic heterocycles. The Morgan fingerprint density at radius 1 is 1.17 bits per heavy atom. The van der Waals surface area contributed by atoms with Crippen molar-refractivity contribution in [3.8, 4) is 0 Å². The average molecular weight is 320 g/mol. The molecule has 1 amide bonds. The van der Waals surface area contributed by atoms with Crippen molar-refractivity contribution in [2.24, 2.45) is 0 Å². The minimum absolute atomic E-state index is 0.0734. The number of carbonyl (C=O) groups excluding carboxylic acids is 2. The van der Waals surface area contributed by atoms with Crippen molar-refractivity contribution in [2.45, 2.75) is 50.9 Å². The van der Waals surface area contributed by atoms with E-state index in [4.69, 9.17) is 9.47 Å². The van der Waals surface area contributed by atoms with E-state index in [1.807, 2.05) is 30.3 Å². The third-order valence-corrected chi connectivity index (χ3v) is 3.93. The second kappa shape index (κ2) is 7.46. The van der Waals surface area contributed by atoms with Gasteiger partial charge in [-0.25, -0.2) is 4.79 Å². The van der Waals surface area contributed by atoms with Crippen molar-refractivity contribution in [3.63, 3.8) is 0 Å². The monoisotopic (exact) mass is 320 g/mol. The maximum absolute atomic E-state index is 11.7.